The van der Waals surface area contributed by atoms with Gasteiger partial charge in [0.2, 0.25) is 0 Å². The van der Waals surface area contributed by atoms with E-state index in [0.29, 0.717) is 23.3 Å². The van der Waals surface area contributed by atoms with Crippen molar-refractivity contribution in [2.45, 2.75) is 76.9 Å². The second-order valence-corrected chi connectivity index (χ2v) is 12.1. The Morgan fingerprint density at radius 3 is 2.65 bits per heavy atom. The molecule has 200 valence electrons. The molecule has 1 saturated carbocycles. The molecule has 37 heavy (non-hydrogen) atoms. The minimum atomic E-state index is -3.83. The summed E-state index contributed by atoms with van der Waals surface area (Å²) < 4.78 is 38.1. The van der Waals surface area contributed by atoms with Gasteiger partial charge in [-0.15, -0.1) is 0 Å². The van der Waals surface area contributed by atoms with E-state index in [-0.39, 0.29) is 24.7 Å². The monoisotopic (exact) mass is 528 g/mol. The Morgan fingerprint density at radius 2 is 1.86 bits per heavy atom. The molecule has 2 aliphatic carbocycles. The van der Waals surface area contributed by atoms with Gasteiger partial charge in [-0.1, -0.05) is 56.5 Å². The maximum atomic E-state index is 14.0. The van der Waals surface area contributed by atoms with Crippen molar-refractivity contribution in [3.8, 4) is 11.5 Å². The molecular formula is C29H37O7P. The van der Waals surface area contributed by atoms with E-state index in [9.17, 15) is 9.36 Å². The SMILES string of the molecule is CCCCC[C@H]1CC[C@@H]2[C@H]3Cc4cccc(OCC(=O)O)c4C[C@H]3C[C@H]2OP(=O)(Oc2ccccc2)O1. The van der Waals surface area contributed by atoms with Crippen LogP contribution in [0.5, 0.6) is 11.5 Å². The summed E-state index contributed by atoms with van der Waals surface area (Å²) in [6, 6.07) is 15.0. The van der Waals surface area contributed by atoms with E-state index in [1.54, 1.807) is 12.1 Å². The minimum absolute atomic E-state index is 0.159. The van der Waals surface area contributed by atoms with E-state index in [0.717, 1.165) is 63.4 Å². The molecule has 1 unspecified atom stereocenters. The number of unbranched alkanes of at least 4 members (excludes halogenated alkanes) is 2. The van der Waals surface area contributed by atoms with Crippen LogP contribution >= 0.6 is 7.82 Å². The first-order valence-corrected chi connectivity index (χ1v) is 15.1. The first kappa shape index (κ1) is 26.3. The van der Waals surface area contributed by atoms with Crippen molar-refractivity contribution in [1.29, 1.82) is 0 Å². The van der Waals surface area contributed by atoms with Gasteiger partial charge in [0.15, 0.2) is 6.61 Å². The number of hydrogen-bond acceptors (Lipinski definition) is 6. The molecule has 6 atom stereocenters. The maximum absolute atomic E-state index is 14.0. The number of hydrogen-bond donors (Lipinski definition) is 1. The van der Waals surface area contributed by atoms with Gasteiger partial charge in [-0.2, -0.15) is 0 Å². The van der Waals surface area contributed by atoms with Gasteiger partial charge >= 0.3 is 13.8 Å². The zero-order valence-corrected chi connectivity index (χ0v) is 22.3. The van der Waals surface area contributed by atoms with Crippen LogP contribution in [0.3, 0.4) is 0 Å². The molecule has 3 aliphatic rings. The molecule has 7 nitrogen and oxygen atoms in total. The second kappa shape index (κ2) is 11.6. The van der Waals surface area contributed by atoms with Crippen LogP contribution in [-0.2, 0) is 31.2 Å². The molecule has 1 saturated heterocycles. The molecule has 0 aromatic heterocycles. The summed E-state index contributed by atoms with van der Waals surface area (Å²) in [6.45, 7) is 1.82. The average Bonchev–Trinajstić information content (AvgIpc) is 3.18. The Bertz CT molecular complexity index is 1120. The Morgan fingerprint density at radius 1 is 1.03 bits per heavy atom. The van der Waals surface area contributed by atoms with Crippen LogP contribution in [0, 0.1) is 17.8 Å². The molecular weight excluding hydrogens is 491 g/mol. The summed E-state index contributed by atoms with van der Waals surface area (Å²) in [4.78, 5) is 11.1. The van der Waals surface area contributed by atoms with Crippen LogP contribution in [-0.4, -0.2) is 29.9 Å². The Hall–Kier alpha value is -2.34. The molecule has 2 aromatic rings. The number of ether oxygens (including phenoxy) is 1. The van der Waals surface area contributed by atoms with Crippen LogP contribution in [0.4, 0.5) is 0 Å². The Kier molecular flexibility index (Phi) is 8.23. The number of phosphoric acid groups is 1. The number of carboxylic acids is 1. The average molecular weight is 529 g/mol. The summed E-state index contributed by atoms with van der Waals surface area (Å²) in [5.41, 5.74) is 2.31. The predicted molar refractivity (Wildman–Crippen MR) is 140 cm³/mol. The second-order valence-electron chi connectivity index (χ2n) is 10.6. The summed E-state index contributed by atoms with van der Waals surface area (Å²) in [6.07, 6.45) is 8.01. The summed E-state index contributed by atoms with van der Waals surface area (Å²) in [5.74, 6) is 1.18. The van der Waals surface area contributed by atoms with Gasteiger partial charge in [-0.25, -0.2) is 9.36 Å². The Labute approximate surface area is 219 Å². The highest BCUT2D eigenvalue weighted by atomic mass is 31.2. The number of aliphatic carboxylic acids is 1. The predicted octanol–water partition coefficient (Wildman–Crippen LogP) is 6.83. The fraction of sp³-hybridized carbons (Fsp3) is 0.552. The highest BCUT2D eigenvalue weighted by molar-refractivity contribution is 7.49. The first-order valence-electron chi connectivity index (χ1n) is 13.6. The molecule has 0 radical (unpaired) electrons. The molecule has 1 N–H and O–H groups in total. The lowest BCUT2D eigenvalue weighted by Crippen LogP contribution is -2.31. The summed E-state index contributed by atoms with van der Waals surface area (Å²) >= 11 is 0. The fourth-order valence-electron chi connectivity index (χ4n) is 6.45. The van der Waals surface area contributed by atoms with E-state index in [2.05, 4.69) is 13.0 Å². The first-order chi connectivity index (χ1) is 17.9. The molecule has 0 spiro atoms. The van der Waals surface area contributed by atoms with Gasteiger partial charge in [-0.05, 0) is 85.6 Å². The van der Waals surface area contributed by atoms with Gasteiger partial charge < -0.3 is 14.4 Å². The van der Waals surface area contributed by atoms with Crippen molar-refractivity contribution < 1.29 is 32.8 Å². The van der Waals surface area contributed by atoms with Crippen LogP contribution in [0.15, 0.2) is 48.5 Å². The molecule has 1 heterocycles. The molecule has 1 aliphatic heterocycles. The number of fused-ring (bicyclic) bond motifs is 4. The smallest absolute Gasteiger partial charge is 0.482 e. The normalized spacial score (nSPS) is 30.8. The quantitative estimate of drug-likeness (QED) is 0.282. The number of para-hydroxylation sites is 1. The van der Waals surface area contributed by atoms with Crippen molar-refractivity contribution in [1.82, 2.24) is 0 Å². The van der Waals surface area contributed by atoms with Crippen molar-refractivity contribution >= 4 is 13.8 Å². The van der Waals surface area contributed by atoms with Gasteiger partial charge in [0.25, 0.3) is 0 Å². The summed E-state index contributed by atoms with van der Waals surface area (Å²) in [7, 11) is -3.83. The van der Waals surface area contributed by atoms with Gasteiger partial charge in [0, 0.05) is 0 Å². The molecule has 2 aromatic carbocycles. The third-order valence-corrected chi connectivity index (χ3v) is 9.65. The molecule has 8 heteroatoms. The molecule has 2 fully saturated rings. The number of benzene rings is 2. The minimum Gasteiger partial charge on any atom is -0.482 e. The highest BCUT2D eigenvalue weighted by Crippen LogP contribution is 2.59. The number of carboxylic acid groups (broad SMARTS) is 1. The molecule has 0 bridgehead atoms. The van der Waals surface area contributed by atoms with E-state index in [1.165, 1.54) is 5.56 Å². The van der Waals surface area contributed by atoms with Crippen molar-refractivity contribution in [2.75, 3.05) is 6.61 Å². The number of carbonyl (C=O) groups is 1. The molecule has 0 amide bonds. The maximum Gasteiger partial charge on any atom is 0.530 e. The Balaban J connectivity index is 1.37. The zero-order chi connectivity index (χ0) is 25.8. The van der Waals surface area contributed by atoms with Crippen LogP contribution in [0.1, 0.15) is 63.0 Å². The summed E-state index contributed by atoms with van der Waals surface area (Å²) in [5, 5.41) is 9.08. The lowest BCUT2D eigenvalue weighted by Gasteiger charge is -2.35. The van der Waals surface area contributed by atoms with E-state index < -0.39 is 13.8 Å². The zero-order valence-electron chi connectivity index (χ0n) is 21.4. The van der Waals surface area contributed by atoms with Crippen LogP contribution < -0.4 is 9.26 Å². The number of phosphoric ester groups is 1. The highest BCUT2D eigenvalue weighted by Gasteiger charge is 2.51. The lowest BCUT2D eigenvalue weighted by molar-refractivity contribution is -0.139. The van der Waals surface area contributed by atoms with Crippen molar-refractivity contribution in [2.24, 2.45) is 17.8 Å². The topological polar surface area (TPSA) is 91.3 Å². The van der Waals surface area contributed by atoms with Crippen molar-refractivity contribution in [3.63, 3.8) is 0 Å². The van der Waals surface area contributed by atoms with E-state index in [4.69, 9.17) is 23.4 Å². The van der Waals surface area contributed by atoms with E-state index in [1.807, 2.05) is 30.3 Å². The van der Waals surface area contributed by atoms with Gasteiger partial charge in [0.1, 0.15) is 11.5 Å². The lowest BCUT2D eigenvalue weighted by atomic mass is 9.73. The van der Waals surface area contributed by atoms with E-state index >= 15 is 0 Å². The van der Waals surface area contributed by atoms with Gasteiger partial charge in [-0.3, -0.25) is 9.05 Å². The fourth-order valence-corrected chi connectivity index (χ4v) is 8.11. The molecule has 5 rings (SSSR count). The third kappa shape index (κ3) is 6.22. The van der Waals surface area contributed by atoms with Crippen molar-refractivity contribution in [3.05, 3.63) is 59.7 Å². The van der Waals surface area contributed by atoms with Crippen LogP contribution in [0.25, 0.3) is 0 Å². The van der Waals surface area contributed by atoms with Crippen LogP contribution in [0.2, 0.25) is 0 Å². The third-order valence-electron chi connectivity index (χ3n) is 8.13. The number of rotatable bonds is 9. The largest absolute Gasteiger partial charge is 0.530 e. The van der Waals surface area contributed by atoms with Gasteiger partial charge in [0.05, 0.1) is 12.2 Å². The standard InChI is InChI=1S/C29H37O7P/c1-2-3-5-10-23-14-15-24-25-16-20-9-8-13-27(33-19-29(30)31)26(20)17-21(25)18-28(24)36-37(32,35-23)34-22-11-6-4-7-12-22/h4,6-9,11-13,21,23-25,28H,2-3,5,10,14-19H2,1H3,(H,30,31)/t21-,23-,24+,25-,28+,37?/m0/s1.